The van der Waals surface area contributed by atoms with Gasteiger partial charge in [0.25, 0.3) is 0 Å². The molecule has 1 heterocycles. The van der Waals surface area contributed by atoms with E-state index in [1.54, 1.807) is 12.5 Å². The molecule has 1 rings (SSSR count). The molecule has 0 bridgehead atoms. The van der Waals surface area contributed by atoms with Gasteiger partial charge in [0.05, 0.1) is 25.6 Å². The molecule has 0 saturated heterocycles. The van der Waals surface area contributed by atoms with E-state index in [1.165, 1.54) is 0 Å². The monoisotopic (exact) mass is 388 g/mol. The Morgan fingerprint density at radius 1 is 1.00 bits per heavy atom. The predicted octanol–water partition coefficient (Wildman–Crippen LogP) is 2.80. The zero-order valence-corrected chi connectivity index (χ0v) is 17.7. The lowest BCUT2D eigenvalue weighted by atomic mass is 10.4. The topological polar surface area (TPSA) is 75.0 Å². The first-order valence-corrected chi connectivity index (χ1v) is 11.6. The number of imidazole rings is 1. The smallest absolute Gasteiger partial charge is 0.389 e. The number of hydrogen-bond donors (Lipinski definition) is 1. The molecule has 2 atom stereocenters. The first-order valence-electron chi connectivity index (χ1n) is 9.79. The fraction of sp³-hybridized carbons (Fsp3) is 0.833. The van der Waals surface area contributed by atoms with Gasteiger partial charge in [-0.25, -0.2) is 4.98 Å². The summed E-state index contributed by atoms with van der Waals surface area (Å²) in [4.78, 5) is 3.98. The van der Waals surface area contributed by atoms with Crippen LogP contribution in [0.4, 0.5) is 0 Å². The van der Waals surface area contributed by atoms with Crippen molar-refractivity contribution in [3.8, 4) is 0 Å². The molecule has 0 aromatic carbocycles. The van der Waals surface area contributed by atoms with Gasteiger partial charge in [-0.05, 0) is 25.7 Å². The zero-order chi connectivity index (χ0) is 19.3. The standard InChI is InChI=1S/C18H36N2O5Si/c1-5-11-23-26(24-12-6-2,25-13-7-3)18(8-4)22-15-17(21)14-20-10-9-19-16-20/h9-10,16-18,21H,5-8,11-15H2,1-4H3. The summed E-state index contributed by atoms with van der Waals surface area (Å²) in [6, 6.07) is 0. The maximum Gasteiger partial charge on any atom is 0.531 e. The Kier molecular flexibility index (Phi) is 12.0. The van der Waals surface area contributed by atoms with E-state index < -0.39 is 14.9 Å². The Hall–Kier alpha value is -0.773. The molecule has 0 radical (unpaired) electrons. The third-order valence-electron chi connectivity index (χ3n) is 3.76. The van der Waals surface area contributed by atoms with E-state index in [0.29, 0.717) is 32.8 Å². The van der Waals surface area contributed by atoms with Crippen molar-refractivity contribution in [2.75, 3.05) is 26.4 Å². The second-order valence-electron chi connectivity index (χ2n) is 6.29. The van der Waals surface area contributed by atoms with Crippen molar-refractivity contribution in [3.05, 3.63) is 18.7 Å². The van der Waals surface area contributed by atoms with Crippen LogP contribution >= 0.6 is 0 Å². The van der Waals surface area contributed by atoms with Crippen LogP contribution in [0.3, 0.4) is 0 Å². The van der Waals surface area contributed by atoms with Crippen LogP contribution in [0.5, 0.6) is 0 Å². The Labute approximate surface area is 159 Å². The summed E-state index contributed by atoms with van der Waals surface area (Å²) in [5.41, 5.74) is -0.287. The fourth-order valence-corrected chi connectivity index (χ4v) is 5.60. The minimum absolute atomic E-state index is 0.200. The largest absolute Gasteiger partial charge is 0.531 e. The Balaban J connectivity index is 2.75. The molecule has 2 unspecified atom stereocenters. The molecule has 0 aliphatic rings. The molecule has 26 heavy (non-hydrogen) atoms. The van der Waals surface area contributed by atoms with Crippen LogP contribution in [0.2, 0.25) is 0 Å². The maximum absolute atomic E-state index is 10.3. The van der Waals surface area contributed by atoms with Crippen molar-refractivity contribution < 1.29 is 23.1 Å². The molecule has 0 aliphatic heterocycles. The molecule has 1 aromatic rings. The quantitative estimate of drug-likeness (QED) is 0.439. The van der Waals surface area contributed by atoms with Gasteiger partial charge in [-0.15, -0.1) is 0 Å². The van der Waals surface area contributed by atoms with Gasteiger partial charge in [-0.1, -0.05) is 27.7 Å². The van der Waals surface area contributed by atoms with E-state index in [4.69, 9.17) is 18.0 Å². The molecule has 0 aliphatic carbocycles. The maximum atomic E-state index is 10.3. The number of aliphatic hydroxyl groups excluding tert-OH is 1. The van der Waals surface area contributed by atoms with Gasteiger partial charge >= 0.3 is 8.80 Å². The van der Waals surface area contributed by atoms with Crippen LogP contribution in [0.15, 0.2) is 18.7 Å². The second-order valence-corrected chi connectivity index (χ2v) is 9.01. The van der Waals surface area contributed by atoms with Gasteiger partial charge in [-0.2, -0.15) is 0 Å². The molecule has 1 aromatic heterocycles. The first kappa shape index (κ1) is 23.3. The molecule has 1 N–H and O–H groups in total. The van der Waals surface area contributed by atoms with E-state index in [9.17, 15) is 5.11 Å². The predicted molar refractivity (Wildman–Crippen MR) is 103 cm³/mol. The van der Waals surface area contributed by atoms with Crippen molar-refractivity contribution in [1.82, 2.24) is 9.55 Å². The van der Waals surface area contributed by atoms with Crippen molar-refractivity contribution >= 4 is 8.80 Å². The lowest BCUT2D eigenvalue weighted by Gasteiger charge is -2.35. The molecular weight excluding hydrogens is 352 g/mol. The molecular formula is C18H36N2O5Si. The molecule has 7 nitrogen and oxygen atoms in total. The summed E-state index contributed by atoms with van der Waals surface area (Å²) in [6.45, 7) is 10.6. The molecule has 0 amide bonds. The van der Waals surface area contributed by atoms with E-state index >= 15 is 0 Å². The fourth-order valence-electron chi connectivity index (χ4n) is 2.52. The summed E-state index contributed by atoms with van der Waals surface area (Å²) in [5.74, 6) is 0. The van der Waals surface area contributed by atoms with Gasteiger partial charge in [0, 0.05) is 32.2 Å². The highest BCUT2D eigenvalue weighted by atomic mass is 28.4. The number of aromatic nitrogens is 2. The SMILES string of the molecule is CCCO[Si](OCCC)(OCCC)C(CC)OCC(O)Cn1ccnc1. The number of rotatable bonds is 16. The molecule has 0 saturated carbocycles. The van der Waals surface area contributed by atoms with Crippen molar-refractivity contribution in [2.24, 2.45) is 0 Å². The highest BCUT2D eigenvalue weighted by Crippen LogP contribution is 2.22. The summed E-state index contributed by atoms with van der Waals surface area (Å²) in [6.07, 6.45) is 7.93. The summed E-state index contributed by atoms with van der Waals surface area (Å²) in [7, 11) is -2.99. The average Bonchev–Trinajstić information content (AvgIpc) is 3.15. The Bertz CT molecular complexity index is 425. The Morgan fingerprint density at radius 2 is 1.58 bits per heavy atom. The van der Waals surface area contributed by atoms with E-state index in [0.717, 1.165) is 19.3 Å². The normalized spacial score (nSPS) is 14.5. The van der Waals surface area contributed by atoms with Crippen molar-refractivity contribution in [1.29, 1.82) is 0 Å². The third kappa shape index (κ3) is 7.85. The minimum atomic E-state index is -2.99. The molecule has 8 heteroatoms. The average molecular weight is 389 g/mol. The number of hydrogen-bond acceptors (Lipinski definition) is 6. The van der Waals surface area contributed by atoms with Crippen LogP contribution in [0, 0.1) is 0 Å². The lowest BCUT2D eigenvalue weighted by molar-refractivity contribution is -0.0435. The van der Waals surface area contributed by atoms with Crippen LogP contribution < -0.4 is 0 Å². The molecule has 0 fully saturated rings. The Morgan fingerprint density at radius 3 is 2.00 bits per heavy atom. The number of ether oxygens (including phenoxy) is 1. The summed E-state index contributed by atoms with van der Waals surface area (Å²) < 4.78 is 26.3. The number of aliphatic hydroxyl groups is 1. The highest BCUT2D eigenvalue weighted by molar-refractivity contribution is 6.62. The second kappa shape index (κ2) is 13.4. The van der Waals surface area contributed by atoms with Crippen LogP contribution in [-0.2, 0) is 24.6 Å². The van der Waals surface area contributed by atoms with E-state index in [2.05, 4.69) is 25.8 Å². The van der Waals surface area contributed by atoms with Crippen molar-refractivity contribution in [3.63, 3.8) is 0 Å². The van der Waals surface area contributed by atoms with Crippen LogP contribution in [0.25, 0.3) is 0 Å². The molecule has 152 valence electrons. The van der Waals surface area contributed by atoms with Gasteiger partial charge in [0.15, 0.2) is 0 Å². The zero-order valence-electron chi connectivity index (χ0n) is 16.7. The van der Waals surface area contributed by atoms with Gasteiger partial charge in [-0.3, -0.25) is 0 Å². The van der Waals surface area contributed by atoms with E-state index in [1.807, 2.05) is 17.7 Å². The van der Waals surface area contributed by atoms with E-state index in [-0.39, 0.29) is 12.3 Å². The van der Waals surface area contributed by atoms with Crippen molar-refractivity contribution in [2.45, 2.75) is 71.8 Å². The van der Waals surface area contributed by atoms with Gasteiger partial charge < -0.3 is 27.7 Å². The van der Waals surface area contributed by atoms with Gasteiger partial charge in [0.1, 0.15) is 5.73 Å². The summed E-state index contributed by atoms with van der Waals surface area (Å²) in [5, 5.41) is 10.3. The highest BCUT2D eigenvalue weighted by Gasteiger charge is 2.50. The molecule has 0 spiro atoms. The number of nitrogens with zero attached hydrogens (tertiary/aromatic N) is 2. The van der Waals surface area contributed by atoms with Gasteiger partial charge in [0.2, 0.25) is 0 Å². The lowest BCUT2D eigenvalue weighted by Crippen LogP contribution is -2.58. The minimum Gasteiger partial charge on any atom is -0.389 e. The van der Waals surface area contributed by atoms with Crippen LogP contribution in [-0.4, -0.2) is 61.7 Å². The first-order chi connectivity index (χ1) is 12.6. The summed E-state index contributed by atoms with van der Waals surface area (Å²) >= 11 is 0. The van der Waals surface area contributed by atoms with Crippen LogP contribution in [0.1, 0.15) is 53.4 Å². The third-order valence-corrected chi connectivity index (χ3v) is 6.94.